The molecule has 0 aromatic heterocycles. The number of alkyl halides is 9. The lowest BCUT2D eigenvalue weighted by Gasteiger charge is -2.32. The molecule has 3 nitrogen and oxygen atoms in total. The number of hydrogen-bond acceptors (Lipinski definition) is 3. The van der Waals surface area contributed by atoms with Gasteiger partial charge in [0.1, 0.15) is 12.4 Å². The Labute approximate surface area is 159 Å². The lowest BCUT2D eigenvalue weighted by Crippen LogP contribution is -2.63. The standard InChI is InChI=1S/C17H16F9NO2/c18-14(19,15(20,21)16(22,23)17(24,25)26)13(28)11-3-5-12(6-4-11)29-10-9-27-7-1-2-8-27/h3-6H,1-2,7-10H2. The third-order valence-corrected chi connectivity index (χ3v) is 4.42. The average molecular weight is 437 g/mol. The van der Waals surface area contributed by atoms with Crippen LogP contribution in [-0.4, -0.2) is 60.9 Å². The van der Waals surface area contributed by atoms with E-state index < -0.39 is 35.3 Å². The molecule has 1 heterocycles. The lowest BCUT2D eigenvalue weighted by molar-refractivity contribution is -0.386. The predicted octanol–water partition coefficient (Wildman–Crippen LogP) is 4.81. The highest BCUT2D eigenvalue weighted by atomic mass is 19.4. The van der Waals surface area contributed by atoms with Gasteiger partial charge in [-0.15, -0.1) is 0 Å². The summed E-state index contributed by atoms with van der Waals surface area (Å²) in [5.41, 5.74) is -1.17. The van der Waals surface area contributed by atoms with Crippen molar-refractivity contribution >= 4 is 5.78 Å². The lowest BCUT2D eigenvalue weighted by atomic mass is 9.96. The van der Waals surface area contributed by atoms with Crippen LogP contribution in [0.25, 0.3) is 0 Å². The first-order valence-corrected chi connectivity index (χ1v) is 8.42. The number of carbonyl (C=O) groups is 1. The van der Waals surface area contributed by atoms with Crippen LogP contribution < -0.4 is 4.74 Å². The maximum Gasteiger partial charge on any atom is 0.460 e. The van der Waals surface area contributed by atoms with Crippen molar-refractivity contribution in [2.24, 2.45) is 0 Å². The molecular formula is C17H16F9NO2. The summed E-state index contributed by atoms with van der Waals surface area (Å²) in [5.74, 6) is -23.2. The maximum absolute atomic E-state index is 13.7. The fourth-order valence-electron chi connectivity index (χ4n) is 2.70. The van der Waals surface area contributed by atoms with E-state index in [0.717, 1.165) is 38.1 Å². The van der Waals surface area contributed by atoms with Crippen molar-refractivity contribution in [2.75, 3.05) is 26.2 Å². The number of likely N-dealkylation sites (tertiary alicyclic amines) is 1. The van der Waals surface area contributed by atoms with Gasteiger partial charge in [0, 0.05) is 12.1 Å². The van der Waals surface area contributed by atoms with Gasteiger partial charge in [-0.05, 0) is 50.2 Å². The van der Waals surface area contributed by atoms with E-state index in [0.29, 0.717) is 18.7 Å². The number of rotatable bonds is 8. The Kier molecular flexibility index (Phi) is 6.46. The molecule has 164 valence electrons. The number of benzene rings is 1. The summed E-state index contributed by atoms with van der Waals surface area (Å²) in [7, 11) is 0. The van der Waals surface area contributed by atoms with Gasteiger partial charge < -0.3 is 4.74 Å². The Morgan fingerprint density at radius 1 is 0.862 bits per heavy atom. The van der Waals surface area contributed by atoms with Crippen molar-refractivity contribution in [3.63, 3.8) is 0 Å². The fraction of sp³-hybridized carbons (Fsp3) is 0.588. The van der Waals surface area contributed by atoms with Crippen molar-refractivity contribution in [1.82, 2.24) is 4.90 Å². The van der Waals surface area contributed by atoms with Crippen LogP contribution >= 0.6 is 0 Å². The van der Waals surface area contributed by atoms with E-state index in [9.17, 15) is 44.3 Å². The minimum absolute atomic E-state index is 0.0800. The van der Waals surface area contributed by atoms with Crippen LogP contribution in [0.5, 0.6) is 5.75 Å². The van der Waals surface area contributed by atoms with Crippen LogP contribution in [-0.2, 0) is 0 Å². The van der Waals surface area contributed by atoms with Crippen LogP contribution in [0.15, 0.2) is 24.3 Å². The predicted molar refractivity (Wildman–Crippen MR) is 82.8 cm³/mol. The molecule has 0 unspecified atom stereocenters. The summed E-state index contributed by atoms with van der Waals surface area (Å²) in [4.78, 5) is 13.7. The topological polar surface area (TPSA) is 29.5 Å². The Morgan fingerprint density at radius 2 is 1.38 bits per heavy atom. The SMILES string of the molecule is O=C(c1ccc(OCCN2CCCC2)cc1)C(F)(F)C(F)(F)C(F)(F)C(F)(F)F. The van der Waals surface area contributed by atoms with E-state index in [2.05, 4.69) is 4.90 Å². The van der Waals surface area contributed by atoms with Gasteiger partial charge in [0.05, 0.1) is 0 Å². The highest BCUT2D eigenvalue weighted by Crippen LogP contribution is 2.53. The minimum atomic E-state index is -7.11. The molecule has 0 bridgehead atoms. The molecule has 0 amide bonds. The van der Waals surface area contributed by atoms with Gasteiger partial charge in [-0.2, -0.15) is 39.5 Å². The van der Waals surface area contributed by atoms with Gasteiger partial charge in [0.25, 0.3) is 0 Å². The molecule has 1 aromatic carbocycles. The zero-order valence-electron chi connectivity index (χ0n) is 14.7. The van der Waals surface area contributed by atoms with E-state index in [1.807, 2.05) is 0 Å². The summed E-state index contributed by atoms with van der Waals surface area (Å²) >= 11 is 0. The van der Waals surface area contributed by atoms with Gasteiger partial charge in [-0.25, -0.2) is 0 Å². The molecule has 0 saturated carbocycles. The van der Waals surface area contributed by atoms with E-state index in [1.54, 1.807) is 0 Å². The molecule has 1 aliphatic rings. The molecule has 0 spiro atoms. The molecule has 12 heteroatoms. The highest BCUT2D eigenvalue weighted by Gasteiger charge is 2.83. The number of nitrogens with zero attached hydrogens (tertiary/aromatic N) is 1. The summed E-state index contributed by atoms with van der Waals surface area (Å²) in [6, 6.07) is 3.08. The minimum Gasteiger partial charge on any atom is -0.492 e. The maximum atomic E-state index is 13.7. The normalized spacial score (nSPS) is 16.9. The van der Waals surface area contributed by atoms with Gasteiger partial charge in [0.15, 0.2) is 0 Å². The third kappa shape index (κ3) is 4.46. The van der Waals surface area contributed by atoms with Gasteiger partial charge in [-0.3, -0.25) is 9.69 Å². The molecule has 0 aliphatic carbocycles. The second kappa shape index (κ2) is 8.04. The summed E-state index contributed by atoms with van der Waals surface area (Å²) in [5, 5.41) is 0. The highest BCUT2D eigenvalue weighted by molar-refractivity contribution is 6.02. The van der Waals surface area contributed by atoms with E-state index in [-0.39, 0.29) is 12.4 Å². The van der Waals surface area contributed by atoms with E-state index in [4.69, 9.17) is 4.74 Å². The quantitative estimate of drug-likeness (QED) is 0.432. The molecule has 1 aromatic rings. The zero-order chi connectivity index (χ0) is 22.1. The zero-order valence-corrected chi connectivity index (χ0v) is 14.7. The Morgan fingerprint density at radius 3 is 1.86 bits per heavy atom. The number of hydrogen-bond donors (Lipinski definition) is 0. The molecule has 29 heavy (non-hydrogen) atoms. The number of ether oxygens (including phenoxy) is 1. The van der Waals surface area contributed by atoms with Crippen molar-refractivity contribution < 1.29 is 49.0 Å². The van der Waals surface area contributed by atoms with Crippen LogP contribution in [0.1, 0.15) is 23.2 Å². The van der Waals surface area contributed by atoms with E-state index in [1.165, 1.54) is 0 Å². The summed E-state index contributed by atoms with van der Waals surface area (Å²) < 4.78 is 121. The first kappa shape index (κ1) is 23.3. The number of ketones is 1. The first-order chi connectivity index (χ1) is 13.2. The number of halogens is 9. The first-order valence-electron chi connectivity index (χ1n) is 8.42. The Hall–Kier alpha value is -1.98. The molecular weight excluding hydrogens is 421 g/mol. The smallest absolute Gasteiger partial charge is 0.460 e. The van der Waals surface area contributed by atoms with Gasteiger partial charge in [0.2, 0.25) is 5.78 Å². The Balaban J connectivity index is 2.09. The van der Waals surface area contributed by atoms with Crippen LogP contribution in [0, 0.1) is 0 Å². The van der Waals surface area contributed by atoms with Gasteiger partial charge >= 0.3 is 23.9 Å². The van der Waals surface area contributed by atoms with E-state index >= 15 is 0 Å². The van der Waals surface area contributed by atoms with Crippen molar-refractivity contribution in [3.05, 3.63) is 29.8 Å². The summed E-state index contributed by atoms with van der Waals surface area (Å²) in [6.07, 6.45) is -4.89. The second-order valence-corrected chi connectivity index (χ2v) is 6.47. The van der Waals surface area contributed by atoms with Crippen LogP contribution in [0.4, 0.5) is 39.5 Å². The van der Waals surface area contributed by atoms with Crippen LogP contribution in [0.3, 0.4) is 0 Å². The fourth-order valence-corrected chi connectivity index (χ4v) is 2.70. The number of carbonyl (C=O) groups excluding carboxylic acids is 1. The summed E-state index contributed by atoms with van der Waals surface area (Å²) in [6.45, 7) is 2.56. The molecule has 0 radical (unpaired) electrons. The van der Waals surface area contributed by atoms with Crippen molar-refractivity contribution in [2.45, 2.75) is 36.8 Å². The molecule has 1 fully saturated rings. The Bertz CT molecular complexity index is 711. The van der Waals surface area contributed by atoms with Crippen LogP contribution in [0.2, 0.25) is 0 Å². The molecule has 1 aliphatic heterocycles. The van der Waals surface area contributed by atoms with Crippen molar-refractivity contribution in [3.8, 4) is 5.75 Å². The largest absolute Gasteiger partial charge is 0.492 e. The van der Waals surface area contributed by atoms with Crippen molar-refractivity contribution in [1.29, 1.82) is 0 Å². The number of Topliss-reactive ketones (excluding diaryl/α,β-unsaturated/α-hetero) is 1. The molecule has 1 saturated heterocycles. The monoisotopic (exact) mass is 437 g/mol. The average Bonchev–Trinajstić information content (AvgIpc) is 3.14. The molecule has 0 N–H and O–H groups in total. The molecule has 0 atom stereocenters. The molecule has 2 rings (SSSR count). The van der Waals surface area contributed by atoms with Gasteiger partial charge in [-0.1, -0.05) is 0 Å². The second-order valence-electron chi connectivity index (χ2n) is 6.47. The third-order valence-electron chi connectivity index (χ3n) is 4.42.